The van der Waals surface area contributed by atoms with Crippen molar-refractivity contribution in [2.45, 2.75) is 12.5 Å². The minimum atomic E-state index is -4.48. The Morgan fingerprint density at radius 2 is 1.87 bits per heavy atom. The molecule has 2 aromatic carbocycles. The van der Waals surface area contributed by atoms with E-state index in [1.54, 1.807) is 23.7 Å². The van der Waals surface area contributed by atoms with Crippen molar-refractivity contribution in [2.75, 3.05) is 11.9 Å². The smallest absolute Gasteiger partial charge is 0.325 e. The first-order valence-electron chi connectivity index (χ1n) is 11.3. The summed E-state index contributed by atoms with van der Waals surface area (Å²) >= 11 is 1.42. The van der Waals surface area contributed by atoms with Gasteiger partial charge in [0.05, 0.1) is 15.7 Å². The van der Waals surface area contributed by atoms with E-state index in [2.05, 4.69) is 20.3 Å². The predicted octanol–water partition coefficient (Wildman–Crippen LogP) is 2.99. The molecule has 39 heavy (non-hydrogen) atoms. The van der Waals surface area contributed by atoms with Gasteiger partial charge in [-0.2, -0.15) is 8.42 Å². The highest BCUT2D eigenvalue weighted by Crippen LogP contribution is 2.24. The van der Waals surface area contributed by atoms with Crippen molar-refractivity contribution in [3.63, 3.8) is 0 Å². The number of aromatic nitrogens is 4. The molecule has 0 spiro atoms. The molecular weight excluding hydrogens is 552 g/mol. The number of likely N-dealkylation sites (N-methyl/N-ethyl adjacent to an activating group) is 1. The van der Waals surface area contributed by atoms with Crippen LogP contribution in [0.3, 0.4) is 0 Å². The lowest BCUT2D eigenvalue weighted by atomic mass is 10.0. The van der Waals surface area contributed by atoms with Crippen LogP contribution in [0, 0.1) is 11.6 Å². The molecule has 0 aliphatic rings. The summed E-state index contributed by atoms with van der Waals surface area (Å²) in [5.74, 6) is -2.40. The summed E-state index contributed by atoms with van der Waals surface area (Å²) in [5, 5.41) is 2.75. The topological polar surface area (TPSA) is 139 Å². The molecule has 15 heteroatoms. The van der Waals surface area contributed by atoms with Gasteiger partial charge in [0.25, 0.3) is 0 Å². The number of hydrogen-bond acceptors (Lipinski definition) is 8. The van der Waals surface area contributed by atoms with E-state index >= 15 is 0 Å². The molecule has 200 valence electrons. The maximum atomic E-state index is 13.9. The van der Waals surface area contributed by atoms with Crippen LogP contribution >= 0.6 is 11.3 Å². The molecule has 5 aromatic rings. The third-order valence-corrected chi connectivity index (χ3v) is 7.86. The molecule has 0 fully saturated rings. The molecule has 1 atom stereocenters. The van der Waals surface area contributed by atoms with Gasteiger partial charge in [-0.15, -0.1) is 11.3 Å². The number of nitrogens with one attached hydrogen (secondary N) is 2. The van der Waals surface area contributed by atoms with Crippen LogP contribution in [-0.2, 0) is 21.4 Å². The van der Waals surface area contributed by atoms with Gasteiger partial charge in [0.15, 0.2) is 5.65 Å². The maximum Gasteiger partial charge on any atom is 0.332 e. The van der Waals surface area contributed by atoms with E-state index in [0.29, 0.717) is 22.7 Å². The summed E-state index contributed by atoms with van der Waals surface area (Å²) in [6.45, 7) is 0. The molecule has 5 rings (SSSR count). The zero-order valence-electron chi connectivity index (χ0n) is 20.1. The largest absolute Gasteiger partial charge is 0.332 e. The second-order valence-corrected chi connectivity index (χ2v) is 10.9. The number of benzene rings is 2. The highest BCUT2D eigenvalue weighted by atomic mass is 32.2. The van der Waals surface area contributed by atoms with Crippen LogP contribution in [0.5, 0.6) is 0 Å². The third kappa shape index (κ3) is 5.53. The molecule has 0 saturated carbocycles. The first-order chi connectivity index (χ1) is 18.6. The number of nitrogens with zero attached hydrogens (tertiary/aromatic N) is 5. The number of hydrogen-bond donors (Lipinski definition) is 2. The summed E-state index contributed by atoms with van der Waals surface area (Å²) in [6.07, 6.45) is 3.42. The Hall–Kier alpha value is -4.50. The fraction of sp³-hybridized carbons (Fsp3) is 0.125. The number of amides is 3. The van der Waals surface area contributed by atoms with E-state index < -0.39 is 39.8 Å². The number of rotatable bonds is 7. The molecule has 2 N–H and O–H groups in total. The zero-order valence-corrected chi connectivity index (χ0v) is 21.7. The molecule has 0 aliphatic carbocycles. The maximum absolute atomic E-state index is 13.9. The number of fused-ring (bicyclic) bond motifs is 2. The van der Waals surface area contributed by atoms with Crippen molar-refractivity contribution in [1.82, 2.24) is 29.0 Å². The molecule has 3 aromatic heterocycles. The fourth-order valence-electron chi connectivity index (χ4n) is 3.98. The Kier molecular flexibility index (Phi) is 6.93. The standard InChI is InChI=1S/C24H19F2N7O4S2/c1-32(18-2-3-21-19(10-18)29-13-38-21)23(34)20(8-14-6-16(25)9-17(26)7-14)30-24(35)31-39(36,37)33-5-4-15-11-27-12-28-22(15)33/h2-7,9-13,20H,8H2,1H3,(H2,30,31,35)/t20-/m0/s1. The molecule has 0 bridgehead atoms. The zero-order chi connectivity index (χ0) is 27.7. The van der Waals surface area contributed by atoms with Gasteiger partial charge in [0.2, 0.25) is 5.91 Å². The normalized spacial score (nSPS) is 12.4. The van der Waals surface area contributed by atoms with Gasteiger partial charge in [-0.05, 0) is 42.0 Å². The van der Waals surface area contributed by atoms with Crippen molar-refractivity contribution in [1.29, 1.82) is 0 Å². The van der Waals surface area contributed by atoms with Crippen molar-refractivity contribution in [2.24, 2.45) is 0 Å². The van der Waals surface area contributed by atoms with Gasteiger partial charge in [-0.1, -0.05) is 0 Å². The number of thiazole rings is 1. The molecule has 3 amide bonds. The van der Waals surface area contributed by atoms with E-state index in [4.69, 9.17) is 0 Å². The van der Waals surface area contributed by atoms with Crippen LogP contribution in [0.4, 0.5) is 19.3 Å². The number of carbonyl (C=O) groups excluding carboxylic acids is 2. The quantitative estimate of drug-likeness (QED) is 0.306. The Morgan fingerprint density at radius 1 is 1.10 bits per heavy atom. The molecule has 3 heterocycles. The van der Waals surface area contributed by atoms with Gasteiger partial charge < -0.3 is 10.2 Å². The summed E-state index contributed by atoms with van der Waals surface area (Å²) in [6, 6.07) is 6.66. The van der Waals surface area contributed by atoms with E-state index in [0.717, 1.165) is 27.1 Å². The first-order valence-corrected chi connectivity index (χ1v) is 13.6. The number of anilines is 1. The lowest BCUT2D eigenvalue weighted by Crippen LogP contribution is -2.53. The SMILES string of the molecule is CN(C(=O)[C@H](Cc1cc(F)cc(F)c1)NC(=O)NS(=O)(=O)n1ccc2cncnc21)c1ccc2scnc2c1. The predicted molar refractivity (Wildman–Crippen MR) is 140 cm³/mol. The van der Waals surface area contributed by atoms with Gasteiger partial charge in [0.1, 0.15) is 24.0 Å². The van der Waals surface area contributed by atoms with Crippen LogP contribution in [0.15, 0.2) is 66.7 Å². The highest BCUT2D eigenvalue weighted by Gasteiger charge is 2.28. The Labute approximate surface area is 224 Å². The van der Waals surface area contributed by atoms with E-state index in [1.807, 2.05) is 4.72 Å². The molecule has 0 unspecified atom stereocenters. The van der Waals surface area contributed by atoms with Crippen molar-refractivity contribution in [3.8, 4) is 0 Å². The van der Waals surface area contributed by atoms with Gasteiger partial charge in [-0.25, -0.2) is 37.2 Å². The molecule has 0 radical (unpaired) electrons. The number of halogens is 2. The van der Waals surface area contributed by atoms with E-state index in [1.165, 1.54) is 41.7 Å². The Bertz CT molecular complexity index is 1800. The van der Waals surface area contributed by atoms with Crippen molar-refractivity contribution < 1.29 is 26.8 Å². The number of carbonyl (C=O) groups is 2. The van der Waals surface area contributed by atoms with Gasteiger partial charge >= 0.3 is 16.2 Å². The van der Waals surface area contributed by atoms with Crippen molar-refractivity contribution >= 4 is 60.4 Å². The van der Waals surface area contributed by atoms with Crippen molar-refractivity contribution in [3.05, 3.63) is 83.9 Å². The average Bonchev–Trinajstić information content (AvgIpc) is 3.53. The van der Waals surface area contributed by atoms with E-state index in [9.17, 15) is 26.8 Å². The summed E-state index contributed by atoms with van der Waals surface area (Å²) in [5.41, 5.74) is 2.86. The lowest BCUT2D eigenvalue weighted by molar-refractivity contribution is -0.120. The molecule has 11 nitrogen and oxygen atoms in total. The Balaban J connectivity index is 1.41. The van der Waals surface area contributed by atoms with Crippen LogP contribution in [-0.4, -0.2) is 52.4 Å². The third-order valence-electron chi connectivity index (χ3n) is 5.79. The fourth-order valence-corrected chi connectivity index (χ4v) is 5.63. The van der Waals surface area contributed by atoms with Crippen LogP contribution in [0.1, 0.15) is 5.56 Å². The highest BCUT2D eigenvalue weighted by molar-refractivity contribution is 7.88. The summed E-state index contributed by atoms with van der Waals surface area (Å²) in [4.78, 5) is 39.6. The summed E-state index contributed by atoms with van der Waals surface area (Å²) < 4.78 is 57.0. The van der Waals surface area contributed by atoms with Crippen LogP contribution in [0.25, 0.3) is 21.3 Å². The second-order valence-electron chi connectivity index (χ2n) is 8.43. The molecule has 0 aliphatic heterocycles. The molecular formula is C24H19F2N7O4S2. The Morgan fingerprint density at radius 3 is 2.64 bits per heavy atom. The monoisotopic (exact) mass is 571 g/mol. The lowest BCUT2D eigenvalue weighted by Gasteiger charge is -2.25. The summed E-state index contributed by atoms with van der Waals surface area (Å²) in [7, 11) is -3.02. The van der Waals surface area contributed by atoms with Crippen LogP contribution < -0.4 is 14.9 Å². The number of urea groups is 1. The minimum absolute atomic E-state index is 0.0327. The minimum Gasteiger partial charge on any atom is -0.325 e. The van der Waals surface area contributed by atoms with E-state index in [-0.39, 0.29) is 17.6 Å². The second kappa shape index (κ2) is 10.3. The van der Waals surface area contributed by atoms with Crippen LogP contribution in [0.2, 0.25) is 0 Å². The molecule has 0 saturated heterocycles. The van der Waals surface area contributed by atoms with Gasteiger partial charge in [0, 0.05) is 43.0 Å². The van der Waals surface area contributed by atoms with Gasteiger partial charge in [-0.3, -0.25) is 4.79 Å². The average molecular weight is 572 g/mol. The first kappa shape index (κ1) is 26.1.